The third-order valence-electron chi connectivity index (χ3n) is 2.90. The number of methoxy groups -OCH3 is 1. The van der Waals surface area contributed by atoms with Crippen LogP contribution in [0.3, 0.4) is 0 Å². The van der Waals surface area contributed by atoms with Gasteiger partial charge in [0.1, 0.15) is 0 Å². The van der Waals surface area contributed by atoms with Gasteiger partial charge in [-0.3, -0.25) is 0 Å². The van der Waals surface area contributed by atoms with Crippen LogP contribution in [0.1, 0.15) is 22.8 Å². The molecule has 1 aromatic heterocycles. The average molecular weight is 264 g/mol. The van der Waals surface area contributed by atoms with E-state index in [9.17, 15) is 4.79 Å². The van der Waals surface area contributed by atoms with Crippen molar-refractivity contribution >= 4 is 32.7 Å². The van der Waals surface area contributed by atoms with Crippen molar-refractivity contribution in [1.82, 2.24) is 4.98 Å². The molecule has 0 unspecified atom stereocenters. The van der Waals surface area contributed by atoms with Crippen LogP contribution in [0, 0.1) is 6.92 Å². The molecule has 0 radical (unpaired) electrons. The van der Waals surface area contributed by atoms with Crippen molar-refractivity contribution in [2.75, 3.05) is 25.6 Å². The standard InChI is InChI=1S/C13H16N2O2S/c1-5-15(3)13-14-11-8(2)6-9(12(16)17-4)7-10(11)18-13/h6-7H,5H2,1-4H3. The van der Waals surface area contributed by atoms with Gasteiger partial charge in [0.25, 0.3) is 0 Å². The normalized spacial score (nSPS) is 10.7. The minimum Gasteiger partial charge on any atom is -0.465 e. The lowest BCUT2D eigenvalue weighted by molar-refractivity contribution is 0.0601. The number of rotatable bonds is 3. The molecule has 0 bridgehead atoms. The number of esters is 1. The second-order valence-corrected chi connectivity index (χ2v) is 5.15. The van der Waals surface area contributed by atoms with Crippen LogP contribution in [0.5, 0.6) is 0 Å². The molecule has 0 aliphatic heterocycles. The van der Waals surface area contributed by atoms with Crippen molar-refractivity contribution in [2.45, 2.75) is 13.8 Å². The van der Waals surface area contributed by atoms with Crippen molar-refractivity contribution in [3.8, 4) is 0 Å². The smallest absolute Gasteiger partial charge is 0.337 e. The summed E-state index contributed by atoms with van der Waals surface area (Å²) in [6, 6.07) is 3.67. The van der Waals surface area contributed by atoms with Crippen LogP contribution in [0.25, 0.3) is 10.2 Å². The maximum absolute atomic E-state index is 11.6. The first kappa shape index (κ1) is 12.8. The van der Waals surface area contributed by atoms with E-state index in [4.69, 9.17) is 4.74 Å². The average Bonchev–Trinajstić information content (AvgIpc) is 2.81. The Bertz CT molecular complexity index is 592. The highest BCUT2D eigenvalue weighted by molar-refractivity contribution is 7.22. The lowest BCUT2D eigenvalue weighted by Crippen LogP contribution is -2.15. The maximum Gasteiger partial charge on any atom is 0.337 e. The highest BCUT2D eigenvalue weighted by Gasteiger charge is 2.13. The van der Waals surface area contributed by atoms with E-state index in [0.29, 0.717) is 5.56 Å². The van der Waals surface area contributed by atoms with Crippen LogP contribution in [-0.2, 0) is 4.74 Å². The summed E-state index contributed by atoms with van der Waals surface area (Å²) in [4.78, 5) is 18.2. The molecule has 0 atom stereocenters. The fourth-order valence-corrected chi connectivity index (χ4v) is 2.83. The third kappa shape index (κ3) is 2.18. The number of hydrogen-bond acceptors (Lipinski definition) is 5. The SMILES string of the molecule is CCN(C)c1nc2c(C)cc(C(=O)OC)cc2s1. The number of carbonyl (C=O) groups is 1. The van der Waals surface area contributed by atoms with E-state index >= 15 is 0 Å². The van der Waals surface area contributed by atoms with E-state index in [1.165, 1.54) is 7.11 Å². The van der Waals surface area contributed by atoms with Crippen LogP contribution in [0.15, 0.2) is 12.1 Å². The Morgan fingerprint density at radius 2 is 2.22 bits per heavy atom. The third-order valence-corrected chi connectivity index (χ3v) is 4.01. The number of thiazole rings is 1. The summed E-state index contributed by atoms with van der Waals surface area (Å²) >= 11 is 1.59. The molecule has 0 fully saturated rings. The van der Waals surface area contributed by atoms with E-state index in [1.807, 2.05) is 26.1 Å². The van der Waals surface area contributed by atoms with Crippen molar-refractivity contribution in [3.63, 3.8) is 0 Å². The van der Waals surface area contributed by atoms with Gasteiger partial charge >= 0.3 is 5.97 Å². The van der Waals surface area contributed by atoms with E-state index in [0.717, 1.165) is 27.5 Å². The highest BCUT2D eigenvalue weighted by Crippen LogP contribution is 2.31. The molecule has 2 rings (SSSR count). The number of aromatic nitrogens is 1. The fourth-order valence-electron chi connectivity index (χ4n) is 1.72. The van der Waals surface area contributed by atoms with Gasteiger partial charge in [0.05, 0.1) is 22.9 Å². The van der Waals surface area contributed by atoms with Crippen molar-refractivity contribution in [2.24, 2.45) is 0 Å². The van der Waals surface area contributed by atoms with Gasteiger partial charge in [-0.05, 0) is 31.5 Å². The molecule has 2 aromatic rings. The first-order valence-electron chi connectivity index (χ1n) is 5.77. The summed E-state index contributed by atoms with van der Waals surface area (Å²) < 4.78 is 5.77. The van der Waals surface area contributed by atoms with Crippen LogP contribution in [0.4, 0.5) is 5.13 Å². The van der Waals surface area contributed by atoms with Crippen molar-refractivity contribution < 1.29 is 9.53 Å². The first-order chi connectivity index (χ1) is 8.56. The molecule has 18 heavy (non-hydrogen) atoms. The zero-order chi connectivity index (χ0) is 13.3. The summed E-state index contributed by atoms with van der Waals surface area (Å²) in [6.45, 7) is 4.95. The van der Waals surface area contributed by atoms with Gasteiger partial charge in [-0.1, -0.05) is 11.3 Å². The summed E-state index contributed by atoms with van der Waals surface area (Å²) in [5.41, 5.74) is 2.54. The molecule has 1 heterocycles. The number of hydrogen-bond donors (Lipinski definition) is 0. The number of fused-ring (bicyclic) bond motifs is 1. The zero-order valence-corrected chi connectivity index (χ0v) is 11.8. The Kier molecular flexibility index (Phi) is 3.52. The number of aryl methyl sites for hydroxylation is 1. The van der Waals surface area contributed by atoms with Crippen molar-refractivity contribution in [1.29, 1.82) is 0 Å². The van der Waals surface area contributed by atoms with Gasteiger partial charge in [0, 0.05) is 13.6 Å². The van der Waals surface area contributed by atoms with Gasteiger partial charge in [0.15, 0.2) is 5.13 Å². The van der Waals surface area contributed by atoms with Gasteiger partial charge in [-0.15, -0.1) is 0 Å². The quantitative estimate of drug-likeness (QED) is 0.799. The molecule has 0 aliphatic carbocycles. The predicted molar refractivity (Wildman–Crippen MR) is 74.6 cm³/mol. The number of anilines is 1. The Labute approximate surface area is 110 Å². The zero-order valence-electron chi connectivity index (χ0n) is 11.0. The summed E-state index contributed by atoms with van der Waals surface area (Å²) in [7, 11) is 3.40. The Morgan fingerprint density at radius 1 is 1.50 bits per heavy atom. The molecule has 0 saturated heterocycles. The Morgan fingerprint density at radius 3 is 2.83 bits per heavy atom. The van der Waals surface area contributed by atoms with Gasteiger partial charge in [-0.25, -0.2) is 9.78 Å². The molecule has 96 valence electrons. The van der Waals surface area contributed by atoms with E-state index in [2.05, 4.69) is 16.8 Å². The Hall–Kier alpha value is -1.62. The molecule has 0 N–H and O–H groups in total. The van der Waals surface area contributed by atoms with Gasteiger partial charge in [0.2, 0.25) is 0 Å². The maximum atomic E-state index is 11.6. The van der Waals surface area contributed by atoms with Gasteiger partial charge in [-0.2, -0.15) is 0 Å². The first-order valence-corrected chi connectivity index (χ1v) is 6.59. The second-order valence-electron chi connectivity index (χ2n) is 4.14. The molecule has 0 saturated carbocycles. The lowest BCUT2D eigenvalue weighted by atomic mass is 10.1. The van der Waals surface area contributed by atoms with Crippen LogP contribution < -0.4 is 4.90 Å². The number of carbonyl (C=O) groups excluding carboxylic acids is 1. The molecule has 0 amide bonds. The number of ether oxygens (including phenoxy) is 1. The fraction of sp³-hybridized carbons (Fsp3) is 0.385. The minimum absolute atomic E-state index is 0.307. The summed E-state index contributed by atoms with van der Waals surface area (Å²) in [5, 5.41) is 0.970. The summed E-state index contributed by atoms with van der Waals surface area (Å²) in [6.07, 6.45) is 0. The number of nitrogens with zero attached hydrogens (tertiary/aromatic N) is 2. The molecule has 5 heteroatoms. The van der Waals surface area contributed by atoms with Crippen LogP contribution in [-0.4, -0.2) is 31.7 Å². The molecular formula is C13H16N2O2S. The minimum atomic E-state index is -0.307. The van der Waals surface area contributed by atoms with E-state index in [1.54, 1.807) is 11.3 Å². The Balaban J connectivity index is 2.55. The predicted octanol–water partition coefficient (Wildman–Crippen LogP) is 2.85. The van der Waals surface area contributed by atoms with Crippen LogP contribution >= 0.6 is 11.3 Å². The van der Waals surface area contributed by atoms with Crippen LogP contribution in [0.2, 0.25) is 0 Å². The molecule has 0 aliphatic rings. The molecule has 0 spiro atoms. The lowest BCUT2D eigenvalue weighted by Gasteiger charge is -2.10. The van der Waals surface area contributed by atoms with Crippen molar-refractivity contribution in [3.05, 3.63) is 23.3 Å². The van der Waals surface area contributed by atoms with Gasteiger partial charge < -0.3 is 9.64 Å². The van der Waals surface area contributed by atoms with E-state index in [-0.39, 0.29) is 5.97 Å². The van der Waals surface area contributed by atoms with E-state index < -0.39 is 0 Å². The number of benzene rings is 1. The summed E-state index contributed by atoms with van der Waals surface area (Å²) in [5.74, 6) is -0.307. The molecule has 4 nitrogen and oxygen atoms in total. The second kappa shape index (κ2) is 4.94. The largest absolute Gasteiger partial charge is 0.465 e. The topological polar surface area (TPSA) is 42.4 Å². The molecule has 1 aromatic carbocycles. The molecular weight excluding hydrogens is 248 g/mol. The highest BCUT2D eigenvalue weighted by atomic mass is 32.1. The monoisotopic (exact) mass is 264 g/mol.